The first-order valence-electron chi connectivity index (χ1n) is 7.69. The zero-order valence-corrected chi connectivity index (χ0v) is 13.7. The van der Waals surface area contributed by atoms with Gasteiger partial charge in [-0.3, -0.25) is 4.79 Å². The Hall–Kier alpha value is -2.11. The second kappa shape index (κ2) is 7.44. The predicted octanol–water partition coefficient (Wildman–Crippen LogP) is 2.05. The van der Waals surface area contributed by atoms with Gasteiger partial charge >= 0.3 is 0 Å². The average molecular weight is 316 g/mol. The summed E-state index contributed by atoms with van der Waals surface area (Å²) in [5.74, 6) is 0.279. The van der Waals surface area contributed by atoms with Gasteiger partial charge in [0.15, 0.2) is 5.75 Å². The first-order chi connectivity index (χ1) is 10.9. The number of hydrogen-bond donors (Lipinski definition) is 2. The molecule has 0 saturated carbocycles. The number of pyridine rings is 1. The topological polar surface area (TPSA) is 77.5 Å². The van der Waals surface area contributed by atoms with Gasteiger partial charge in [0.2, 0.25) is 5.43 Å². The van der Waals surface area contributed by atoms with E-state index in [-0.39, 0.29) is 23.3 Å². The molecule has 0 saturated heterocycles. The number of ether oxygens (including phenoxy) is 1. The molecule has 0 aliphatic carbocycles. The third-order valence-corrected chi connectivity index (χ3v) is 3.58. The smallest absolute Gasteiger partial charge is 0.223 e. The van der Waals surface area contributed by atoms with Crippen molar-refractivity contribution in [3.8, 4) is 5.75 Å². The Kier molecular flexibility index (Phi) is 5.58. The van der Waals surface area contributed by atoms with Crippen LogP contribution in [0, 0.1) is 0 Å². The normalized spacial score (nSPS) is 11.5. The zero-order chi connectivity index (χ0) is 16.9. The van der Waals surface area contributed by atoms with Crippen LogP contribution in [0.2, 0.25) is 0 Å². The van der Waals surface area contributed by atoms with Crippen LogP contribution in [0.3, 0.4) is 0 Å². The maximum atomic E-state index is 12.1. The molecule has 23 heavy (non-hydrogen) atoms. The van der Waals surface area contributed by atoms with E-state index in [1.54, 1.807) is 6.20 Å². The fourth-order valence-electron chi connectivity index (χ4n) is 2.19. The minimum absolute atomic E-state index is 0.195. The molecule has 5 heteroatoms. The summed E-state index contributed by atoms with van der Waals surface area (Å²) >= 11 is 0. The molecule has 0 spiro atoms. The Labute approximate surface area is 136 Å². The lowest BCUT2D eigenvalue weighted by molar-refractivity contribution is 0.263. The van der Waals surface area contributed by atoms with E-state index < -0.39 is 0 Å². The highest BCUT2D eigenvalue weighted by Crippen LogP contribution is 2.13. The molecule has 0 bridgehead atoms. The van der Waals surface area contributed by atoms with E-state index in [1.807, 2.05) is 48.7 Å². The minimum Gasteiger partial charge on any atom is -0.483 e. The number of aryl methyl sites for hydroxylation is 1. The minimum atomic E-state index is -0.319. The van der Waals surface area contributed by atoms with Crippen LogP contribution in [0.5, 0.6) is 5.75 Å². The molecule has 0 fully saturated rings. The zero-order valence-electron chi connectivity index (χ0n) is 13.7. The molecule has 2 rings (SSSR count). The molecule has 3 N–H and O–H groups in total. The van der Waals surface area contributed by atoms with Crippen LogP contribution in [0.15, 0.2) is 47.4 Å². The number of aliphatic hydroxyl groups is 1. The quantitative estimate of drug-likeness (QED) is 0.819. The van der Waals surface area contributed by atoms with Crippen LogP contribution >= 0.6 is 0 Å². The van der Waals surface area contributed by atoms with Crippen molar-refractivity contribution in [2.45, 2.75) is 45.6 Å². The van der Waals surface area contributed by atoms with Crippen molar-refractivity contribution in [2.75, 3.05) is 0 Å². The van der Waals surface area contributed by atoms with Crippen LogP contribution in [0.25, 0.3) is 0 Å². The van der Waals surface area contributed by atoms with E-state index in [0.717, 1.165) is 12.0 Å². The highest BCUT2D eigenvalue weighted by Gasteiger charge is 2.13. The summed E-state index contributed by atoms with van der Waals surface area (Å²) in [6.07, 6.45) is 2.38. The lowest BCUT2D eigenvalue weighted by Gasteiger charge is -2.21. The van der Waals surface area contributed by atoms with Gasteiger partial charge in [-0.05, 0) is 25.8 Å². The number of benzene rings is 1. The second-order valence-corrected chi connectivity index (χ2v) is 6.36. The predicted molar refractivity (Wildman–Crippen MR) is 90.3 cm³/mol. The largest absolute Gasteiger partial charge is 0.483 e. The molecule has 0 unspecified atom stereocenters. The Morgan fingerprint density at radius 2 is 1.96 bits per heavy atom. The van der Waals surface area contributed by atoms with Crippen molar-refractivity contribution < 1.29 is 9.84 Å². The molecule has 124 valence electrons. The Morgan fingerprint density at radius 1 is 1.26 bits per heavy atom. The van der Waals surface area contributed by atoms with Crippen molar-refractivity contribution in [2.24, 2.45) is 5.73 Å². The van der Waals surface area contributed by atoms with Gasteiger partial charge in [0.25, 0.3) is 0 Å². The van der Waals surface area contributed by atoms with E-state index in [9.17, 15) is 9.90 Å². The van der Waals surface area contributed by atoms with Gasteiger partial charge in [0, 0.05) is 23.8 Å². The standard InChI is InChI=1S/C18H24N2O3/c1-18(2,19)8-9-20-11-17(16(22)10-15(20)12-21)23-13-14-6-4-3-5-7-14/h3-7,10-11,21H,8-9,12-13,19H2,1-2H3. The van der Waals surface area contributed by atoms with Gasteiger partial charge in [0.1, 0.15) is 6.61 Å². The van der Waals surface area contributed by atoms with Crippen LogP contribution in [0.1, 0.15) is 31.5 Å². The van der Waals surface area contributed by atoms with E-state index in [1.165, 1.54) is 6.07 Å². The monoisotopic (exact) mass is 316 g/mol. The third kappa shape index (κ3) is 5.23. The summed E-state index contributed by atoms with van der Waals surface area (Å²) in [7, 11) is 0. The summed E-state index contributed by atoms with van der Waals surface area (Å²) in [4.78, 5) is 12.1. The molecule has 0 amide bonds. The van der Waals surface area contributed by atoms with Crippen LogP contribution < -0.4 is 15.9 Å². The first kappa shape index (κ1) is 17.2. The van der Waals surface area contributed by atoms with Gasteiger partial charge in [-0.2, -0.15) is 0 Å². The van der Waals surface area contributed by atoms with E-state index >= 15 is 0 Å². The van der Waals surface area contributed by atoms with Gasteiger partial charge in [-0.1, -0.05) is 30.3 Å². The molecule has 2 aromatic rings. The van der Waals surface area contributed by atoms with Crippen LogP contribution in [-0.4, -0.2) is 15.2 Å². The number of rotatable bonds is 7. The maximum absolute atomic E-state index is 12.1. The second-order valence-electron chi connectivity index (χ2n) is 6.36. The summed E-state index contributed by atoms with van der Waals surface area (Å²) in [5.41, 5.74) is 7.02. The van der Waals surface area contributed by atoms with Crippen molar-refractivity contribution in [3.63, 3.8) is 0 Å². The summed E-state index contributed by atoms with van der Waals surface area (Å²) < 4.78 is 7.48. The van der Waals surface area contributed by atoms with Crippen molar-refractivity contribution in [3.05, 3.63) is 64.1 Å². The Bertz CT molecular complexity index is 688. The molecular formula is C18H24N2O3. The fourth-order valence-corrected chi connectivity index (χ4v) is 2.19. The first-order valence-corrected chi connectivity index (χ1v) is 7.69. The molecule has 1 aromatic heterocycles. The van der Waals surface area contributed by atoms with E-state index in [2.05, 4.69) is 0 Å². The van der Waals surface area contributed by atoms with Crippen molar-refractivity contribution in [1.82, 2.24) is 4.57 Å². The number of hydrogen-bond acceptors (Lipinski definition) is 4. The average Bonchev–Trinajstić information content (AvgIpc) is 2.52. The lowest BCUT2D eigenvalue weighted by atomic mass is 10.0. The molecular weight excluding hydrogens is 292 g/mol. The number of aliphatic hydroxyl groups excluding tert-OH is 1. The highest BCUT2D eigenvalue weighted by molar-refractivity contribution is 5.23. The Morgan fingerprint density at radius 3 is 2.57 bits per heavy atom. The molecule has 5 nitrogen and oxygen atoms in total. The fraction of sp³-hybridized carbons (Fsp3) is 0.389. The molecule has 1 heterocycles. The molecule has 0 aliphatic heterocycles. The van der Waals surface area contributed by atoms with Gasteiger partial charge in [0.05, 0.1) is 12.8 Å². The van der Waals surface area contributed by atoms with Gasteiger partial charge < -0.3 is 20.1 Å². The highest BCUT2D eigenvalue weighted by atomic mass is 16.5. The summed E-state index contributed by atoms with van der Waals surface area (Å²) in [6.45, 7) is 4.64. The van der Waals surface area contributed by atoms with E-state index in [4.69, 9.17) is 10.5 Å². The molecule has 0 aliphatic rings. The summed E-state index contributed by atoms with van der Waals surface area (Å²) in [6, 6.07) is 11.1. The molecule has 0 atom stereocenters. The van der Waals surface area contributed by atoms with Gasteiger partial charge in [-0.15, -0.1) is 0 Å². The number of nitrogens with zero attached hydrogens (tertiary/aromatic N) is 1. The third-order valence-electron chi connectivity index (χ3n) is 3.58. The van der Waals surface area contributed by atoms with Crippen molar-refractivity contribution >= 4 is 0 Å². The number of nitrogens with two attached hydrogens (primary N) is 1. The van der Waals surface area contributed by atoms with Crippen molar-refractivity contribution in [1.29, 1.82) is 0 Å². The molecule has 0 radical (unpaired) electrons. The number of aromatic nitrogens is 1. The van der Waals surface area contributed by atoms with Gasteiger partial charge in [-0.25, -0.2) is 0 Å². The maximum Gasteiger partial charge on any atom is 0.223 e. The van der Waals surface area contributed by atoms with Crippen LogP contribution in [-0.2, 0) is 19.8 Å². The molecule has 1 aromatic carbocycles. The lowest BCUT2D eigenvalue weighted by Crippen LogP contribution is -2.33. The van der Waals surface area contributed by atoms with Crippen LogP contribution in [0.4, 0.5) is 0 Å². The van der Waals surface area contributed by atoms with E-state index in [0.29, 0.717) is 18.8 Å². The SMILES string of the molecule is CC(C)(N)CCn1cc(OCc2ccccc2)c(=O)cc1CO. The summed E-state index contributed by atoms with van der Waals surface area (Å²) in [5, 5.41) is 9.44. The Balaban J connectivity index is 2.17.